The van der Waals surface area contributed by atoms with E-state index in [1.165, 1.54) is 6.08 Å². The van der Waals surface area contributed by atoms with E-state index in [2.05, 4.69) is 5.32 Å². The molecule has 0 aliphatic carbocycles. The Morgan fingerprint density at radius 3 is 2.38 bits per heavy atom. The molecule has 3 aromatic carbocycles. The van der Waals surface area contributed by atoms with Gasteiger partial charge in [-0.15, -0.1) is 0 Å². The van der Waals surface area contributed by atoms with Crippen LogP contribution in [0, 0.1) is 11.3 Å². The summed E-state index contributed by atoms with van der Waals surface area (Å²) in [4.78, 5) is 12.3. The Labute approximate surface area is 179 Å². The molecule has 0 radical (unpaired) electrons. The third kappa shape index (κ3) is 6.11. The third-order valence-electron chi connectivity index (χ3n) is 3.95. The summed E-state index contributed by atoms with van der Waals surface area (Å²) in [6, 6.07) is 23.2. The quantitative estimate of drug-likeness (QED) is 0.384. The Hall–Kier alpha value is -3.26. The molecule has 0 saturated carbocycles. The average molecular weight is 423 g/mol. The molecule has 4 nitrogen and oxygen atoms in total. The molecule has 0 atom stereocenters. The molecule has 3 rings (SSSR count). The van der Waals surface area contributed by atoms with Gasteiger partial charge >= 0.3 is 0 Å². The molecule has 0 aliphatic heterocycles. The summed E-state index contributed by atoms with van der Waals surface area (Å²) in [5, 5.41) is 13.2. The van der Waals surface area contributed by atoms with E-state index in [0.29, 0.717) is 33.7 Å². The minimum absolute atomic E-state index is 0.00690. The van der Waals surface area contributed by atoms with Crippen molar-refractivity contribution in [3.8, 4) is 11.8 Å². The van der Waals surface area contributed by atoms with Crippen molar-refractivity contribution in [1.82, 2.24) is 0 Å². The van der Waals surface area contributed by atoms with Crippen LogP contribution in [0.15, 0.2) is 78.4 Å². The fourth-order valence-electron chi connectivity index (χ4n) is 2.50. The van der Waals surface area contributed by atoms with E-state index in [1.54, 1.807) is 48.5 Å². The zero-order chi connectivity index (χ0) is 20.6. The van der Waals surface area contributed by atoms with E-state index in [-0.39, 0.29) is 5.57 Å². The van der Waals surface area contributed by atoms with E-state index in [0.717, 1.165) is 5.56 Å². The van der Waals surface area contributed by atoms with Crippen LogP contribution < -0.4 is 10.1 Å². The molecule has 6 heteroatoms. The topological polar surface area (TPSA) is 62.1 Å². The molecular formula is C23H16Cl2N2O2. The standard InChI is InChI=1S/C23H16Cl2N2O2/c24-19-6-8-21(9-7-19)27-23(28)18(14-26)12-16-4-10-22(11-5-16)29-15-17-2-1-3-20(25)13-17/h1-13H,15H2,(H,27,28)/b18-12+. The van der Waals surface area contributed by atoms with Crippen molar-refractivity contribution in [2.75, 3.05) is 5.32 Å². The van der Waals surface area contributed by atoms with Crippen molar-refractivity contribution in [3.05, 3.63) is 99.5 Å². The van der Waals surface area contributed by atoms with Crippen LogP contribution in [0.3, 0.4) is 0 Å². The maximum absolute atomic E-state index is 12.3. The SMILES string of the molecule is N#C/C(=C\c1ccc(OCc2cccc(Cl)c2)cc1)C(=O)Nc1ccc(Cl)cc1. The Bertz CT molecular complexity index is 1070. The van der Waals surface area contributed by atoms with E-state index in [1.807, 2.05) is 30.3 Å². The maximum atomic E-state index is 12.3. The first-order valence-electron chi connectivity index (χ1n) is 8.69. The van der Waals surface area contributed by atoms with Gasteiger partial charge < -0.3 is 10.1 Å². The summed E-state index contributed by atoms with van der Waals surface area (Å²) in [5.41, 5.74) is 2.23. The summed E-state index contributed by atoms with van der Waals surface area (Å²) < 4.78 is 5.74. The van der Waals surface area contributed by atoms with Crippen LogP contribution in [0.2, 0.25) is 10.0 Å². The van der Waals surface area contributed by atoms with Crippen LogP contribution in [-0.4, -0.2) is 5.91 Å². The number of carbonyl (C=O) groups is 1. The first kappa shape index (κ1) is 20.5. The number of nitrogens with one attached hydrogen (secondary N) is 1. The molecule has 0 saturated heterocycles. The molecule has 0 unspecified atom stereocenters. The van der Waals surface area contributed by atoms with Crippen LogP contribution in [0.1, 0.15) is 11.1 Å². The summed E-state index contributed by atoms with van der Waals surface area (Å²) in [6.07, 6.45) is 1.52. The number of halogens is 2. The first-order valence-corrected chi connectivity index (χ1v) is 9.45. The highest BCUT2D eigenvalue weighted by molar-refractivity contribution is 6.31. The molecule has 29 heavy (non-hydrogen) atoms. The monoisotopic (exact) mass is 422 g/mol. The van der Waals surface area contributed by atoms with Crippen LogP contribution >= 0.6 is 23.2 Å². The minimum atomic E-state index is -0.490. The van der Waals surface area contributed by atoms with Gasteiger partial charge in [0, 0.05) is 15.7 Å². The van der Waals surface area contributed by atoms with Crippen LogP contribution in [-0.2, 0) is 11.4 Å². The van der Waals surface area contributed by atoms with Gasteiger partial charge in [0.15, 0.2) is 0 Å². The fourth-order valence-corrected chi connectivity index (χ4v) is 2.84. The lowest BCUT2D eigenvalue weighted by atomic mass is 10.1. The van der Waals surface area contributed by atoms with Crippen molar-refractivity contribution in [2.24, 2.45) is 0 Å². The van der Waals surface area contributed by atoms with E-state index in [9.17, 15) is 10.1 Å². The molecule has 3 aromatic rings. The van der Waals surface area contributed by atoms with Gasteiger partial charge in [-0.1, -0.05) is 47.5 Å². The highest BCUT2D eigenvalue weighted by Gasteiger charge is 2.09. The molecule has 1 amide bonds. The number of carbonyl (C=O) groups excluding carboxylic acids is 1. The molecule has 144 valence electrons. The van der Waals surface area contributed by atoms with Gasteiger partial charge in [-0.2, -0.15) is 5.26 Å². The lowest BCUT2D eigenvalue weighted by molar-refractivity contribution is -0.112. The van der Waals surface area contributed by atoms with Gasteiger partial charge in [0.25, 0.3) is 5.91 Å². The molecule has 0 aliphatic rings. The number of ether oxygens (including phenoxy) is 1. The number of hydrogen-bond acceptors (Lipinski definition) is 3. The fraction of sp³-hybridized carbons (Fsp3) is 0.0435. The number of rotatable bonds is 6. The van der Waals surface area contributed by atoms with Gasteiger partial charge in [0.1, 0.15) is 24.0 Å². The van der Waals surface area contributed by atoms with Gasteiger partial charge in [-0.25, -0.2) is 0 Å². The molecule has 0 spiro atoms. The summed E-state index contributed by atoms with van der Waals surface area (Å²) in [5.74, 6) is 0.183. The van der Waals surface area contributed by atoms with Crippen molar-refractivity contribution in [2.45, 2.75) is 6.61 Å². The van der Waals surface area contributed by atoms with Crippen LogP contribution in [0.25, 0.3) is 6.08 Å². The predicted octanol–water partition coefficient (Wildman–Crippen LogP) is 6.12. The number of anilines is 1. The summed E-state index contributed by atoms with van der Waals surface area (Å²) in [7, 11) is 0. The zero-order valence-corrected chi connectivity index (χ0v) is 16.7. The second-order valence-corrected chi connectivity index (χ2v) is 6.99. The predicted molar refractivity (Wildman–Crippen MR) is 116 cm³/mol. The van der Waals surface area contributed by atoms with Gasteiger partial charge in [-0.05, 0) is 65.7 Å². The van der Waals surface area contributed by atoms with Gasteiger partial charge in [-0.3, -0.25) is 4.79 Å². The molecule has 1 N–H and O–H groups in total. The average Bonchev–Trinajstić information content (AvgIpc) is 2.73. The third-order valence-corrected chi connectivity index (χ3v) is 4.44. The second-order valence-electron chi connectivity index (χ2n) is 6.12. The van der Waals surface area contributed by atoms with Crippen molar-refractivity contribution < 1.29 is 9.53 Å². The van der Waals surface area contributed by atoms with Crippen molar-refractivity contribution in [3.63, 3.8) is 0 Å². The van der Waals surface area contributed by atoms with Crippen molar-refractivity contribution in [1.29, 1.82) is 5.26 Å². The largest absolute Gasteiger partial charge is 0.489 e. The van der Waals surface area contributed by atoms with Crippen LogP contribution in [0.5, 0.6) is 5.75 Å². The number of benzene rings is 3. The smallest absolute Gasteiger partial charge is 0.266 e. The van der Waals surface area contributed by atoms with E-state index < -0.39 is 5.91 Å². The first-order chi connectivity index (χ1) is 14.0. The lowest BCUT2D eigenvalue weighted by Crippen LogP contribution is -2.13. The molecule has 0 fully saturated rings. The van der Waals surface area contributed by atoms with E-state index in [4.69, 9.17) is 27.9 Å². The molecule has 0 bridgehead atoms. The number of amides is 1. The highest BCUT2D eigenvalue weighted by Crippen LogP contribution is 2.19. The Morgan fingerprint density at radius 2 is 1.72 bits per heavy atom. The Kier molecular flexibility index (Phi) is 6.91. The highest BCUT2D eigenvalue weighted by atomic mass is 35.5. The van der Waals surface area contributed by atoms with Gasteiger partial charge in [0.05, 0.1) is 0 Å². The normalized spacial score (nSPS) is 10.9. The second kappa shape index (κ2) is 9.79. The number of hydrogen-bond donors (Lipinski definition) is 1. The Morgan fingerprint density at radius 1 is 1.00 bits per heavy atom. The number of nitrogens with zero attached hydrogens (tertiary/aromatic N) is 1. The molecule has 0 heterocycles. The van der Waals surface area contributed by atoms with Crippen molar-refractivity contribution >= 4 is 40.9 Å². The molecule has 0 aromatic heterocycles. The summed E-state index contributed by atoms with van der Waals surface area (Å²) >= 11 is 11.8. The number of nitriles is 1. The van der Waals surface area contributed by atoms with Crippen LogP contribution in [0.4, 0.5) is 5.69 Å². The minimum Gasteiger partial charge on any atom is -0.489 e. The summed E-state index contributed by atoms with van der Waals surface area (Å²) in [6.45, 7) is 0.392. The maximum Gasteiger partial charge on any atom is 0.266 e. The molecular weight excluding hydrogens is 407 g/mol. The van der Waals surface area contributed by atoms with E-state index >= 15 is 0 Å². The van der Waals surface area contributed by atoms with Gasteiger partial charge in [0.2, 0.25) is 0 Å². The lowest BCUT2D eigenvalue weighted by Gasteiger charge is -2.07. The Balaban J connectivity index is 1.64. The zero-order valence-electron chi connectivity index (χ0n) is 15.2.